The van der Waals surface area contributed by atoms with E-state index in [9.17, 15) is 4.79 Å². The Hall–Kier alpha value is -1.43. The summed E-state index contributed by atoms with van der Waals surface area (Å²) in [6, 6.07) is 0.296. The lowest BCUT2D eigenvalue weighted by atomic mass is 9.95. The van der Waals surface area contributed by atoms with Gasteiger partial charge in [0, 0.05) is 12.0 Å². The van der Waals surface area contributed by atoms with Crippen molar-refractivity contribution >= 4 is 5.91 Å². The SMILES string of the molecule is CC(C)n1cnnc1CNC(=O)[C@@H]1CCC[C@@H]1CN. The number of nitrogens with two attached hydrogens (primary N) is 1. The molecule has 2 atom stereocenters. The van der Waals surface area contributed by atoms with Crippen molar-refractivity contribution in [1.29, 1.82) is 0 Å². The zero-order valence-electron chi connectivity index (χ0n) is 11.7. The minimum absolute atomic E-state index is 0.0698. The summed E-state index contributed by atoms with van der Waals surface area (Å²) in [5, 5.41) is 10.9. The normalized spacial score (nSPS) is 22.9. The van der Waals surface area contributed by atoms with E-state index in [0.717, 1.165) is 25.1 Å². The Morgan fingerprint density at radius 3 is 3.05 bits per heavy atom. The van der Waals surface area contributed by atoms with Crippen LogP contribution in [0.5, 0.6) is 0 Å². The fourth-order valence-corrected chi connectivity index (χ4v) is 2.79. The van der Waals surface area contributed by atoms with Crippen LogP contribution in [-0.4, -0.2) is 27.2 Å². The predicted molar refractivity (Wildman–Crippen MR) is 72.1 cm³/mol. The van der Waals surface area contributed by atoms with Gasteiger partial charge in [0.2, 0.25) is 5.91 Å². The number of carbonyl (C=O) groups is 1. The monoisotopic (exact) mass is 265 g/mol. The van der Waals surface area contributed by atoms with Crippen molar-refractivity contribution in [2.24, 2.45) is 17.6 Å². The van der Waals surface area contributed by atoms with Gasteiger partial charge in [-0.25, -0.2) is 0 Å². The molecule has 0 aromatic carbocycles. The fourth-order valence-electron chi connectivity index (χ4n) is 2.79. The molecule has 1 aliphatic rings. The molecule has 2 rings (SSSR count). The molecule has 1 aromatic rings. The molecule has 0 bridgehead atoms. The molecule has 106 valence electrons. The Labute approximate surface area is 113 Å². The lowest BCUT2D eigenvalue weighted by Crippen LogP contribution is -2.35. The molecule has 1 fully saturated rings. The van der Waals surface area contributed by atoms with Crippen LogP contribution in [0.1, 0.15) is 45.0 Å². The van der Waals surface area contributed by atoms with E-state index in [1.807, 2.05) is 4.57 Å². The average molecular weight is 265 g/mol. The summed E-state index contributed by atoms with van der Waals surface area (Å²) in [7, 11) is 0. The second kappa shape index (κ2) is 6.14. The maximum atomic E-state index is 12.2. The number of amides is 1. The van der Waals surface area contributed by atoms with Crippen LogP contribution in [0.3, 0.4) is 0 Å². The Kier molecular flexibility index (Phi) is 4.52. The number of carbonyl (C=O) groups excluding carboxylic acids is 1. The zero-order chi connectivity index (χ0) is 13.8. The van der Waals surface area contributed by atoms with Crippen LogP contribution in [0.15, 0.2) is 6.33 Å². The summed E-state index contributed by atoms with van der Waals surface area (Å²) < 4.78 is 1.97. The van der Waals surface area contributed by atoms with Crippen molar-refractivity contribution in [3.63, 3.8) is 0 Å². The van der Waals surface area contributed by atoms with E-state index < -0.39 is 0 Å². The van der Waals surface area contributed by atoms with Gasteiger partial charge in [-0.2, -0.15) is 0 Å². The lowest BCUT2D eigenvalue weighted by molar-refractivity contribution is -0.126. The van der Waals surface area contributed by atoms with E-state index >= 15 is 0 Å². The van der Waals surface area contributed by atoms with Gasteiger partial charge in [-0.1, -0.05) is 6.42 Å². The van der Waals surface area contributed by atoms with E-state index in [-0.39, 0.29) is 11.8 Å². The van der Waals surface area contributed by atoms with Crippen molar-refractivity contribution < 1.29 is 4.79 Å². The first kappa shape index (κ1) is 14.0. The van der Waals surface area contributed by atoms with E-state index in [0.29, 0.717) is 25.0 Å². The van der Waals surface area contributed by atoms with Gasteiger partial charge < -0.3 is 15.6 Å². The van der Waals surface area contributed by atoms with Gasteiger partial charge >= 0.3 is 0 Å². The first-order chi connectivity index (χ1) is 9.13. The average Bonchev–Trinajstić information content (AvgIpc) is 3.04. The van der Waals surface area contributed by atoms with Gasteiger partial charge in [0.1, 0.15) is 6.33 Å². The molecule has 1 amide bonds. The molecule has 6 nitrogen and oxygen atoms in total. The largest absolute Gasteiger partial charge is 0.349 e. The molecule has 0 saturated heterocycles. The van der Waals surface area contributed by atoms with Gasteiger partial charge in [-0.15, -0.1) is 10.2 Å². The highest BCUT2D eigenvalue weighted by atomic mass is 16.1. The molecule has 6 heteroatoms. The molecular weight excluding hydrogens is 242 g/mol. The third-order valence-corrected chi connectivity index (χ3v) is 3.92. The number of nitrogens with one attached hydrogen (secondary N) is 1. The molecule has 19 heavy (non-hydrogen) atoms. The summed E-state index contributed by atoms with van der Waals surface area (Å²) >= 11 is 0. The van der Waals surface area contributed by atoms with Crippen LogP contribution in [0, 0.1) is 11.8 Å². The fraction of sp³-hybridized carbons (Fsp3) is 0.769. The van der Waals surface area contributed by atoms with Crippen LogP contribution in [-0.2, 0) is 11.3 Å². The maximum absolute atomic E-state index is 12.2. The number of hydrogen-bond donors (Lipinski definition) is 2. The van der Waals surface area contributed by atoms with E-state index in [1.165, 1.54) is 0 Å². The van der Waals surface area contributed by atoms with Crippen LogP contribution in [0.25, 0.3) is 0 Å². The van der Waals surface area contributed by atoms with Crippen LogP contribution < -0.4 is 11.1 Å². The molecule has 1 saturated carbocycles. The zero-order valence-corrected chi connectivity index (χ0v) is 11.7. The summed E-state index contributed by atoms with van der Waals surface area (Å²) in [5.74, 6) is 1.31. The van der Waals surface area contributed by atoms with E-state index in [4.69, 9.17) is 5.73 Å². The molecular formula is C13H23N5O. The van der Waals surface area contributed by atoms with Crippen molar-refractivity contribution in [2.75, 3.05) is 6.54 Å². The lowest BCUT2D eigenvalue weighted by Gasteiger charge is -2.17. The van der Waals surface area contributed by atoms with Crippen molar-refractivity contribution in [1.82, 2.24) is 20.1 Å². The second-order valence-electron chi connectivity index (χ2n) is 5.50. The Bertz CT molecular complexity index is 428. The highest BCUT2D eigenvalue weighted by Crippen LogP contribution is 2.30. The molecule has 1 heterocycles. The van der Waals surface area contributed by atoms with Gasteiger partial charge in [-0.3, -0.25) is 4.79 Å². The Morgan fingerprint density at radius 1 is 1.58 bits per heavy atom. The molecule has 0 spiro atoms. The summed E-state index contributed by atoms with van der Waals surface area (Å²) in [4.78, 5) is 12.2. The number of rotatable bonds is 5. The Balaban J connectivity index is 1.91. The van der Waals surface area contributed by atoms with Crippen molar-refractivity contribution in [2.45, 2.75) is 45.7 Å². The number of aromatic nitrogens is 3. The van der Waals surface area contributed by atoms with Gasteiger partial charge in [-0.05, 0) is 39.2 Å². The summed E-state index contributed by atoms with van der Waals surface area (Å²) in [6.45, 7) is 5.16. The molecule has 0 unspecified atom stereocenters. The van der Waals surface area contributed by atoms with Crippen LogP contribution >= 0.6 is 0 Å². The smallest absolute Gasteiger partial charge is 0.223 e. The summed E-state index contributed by atoms with van der Waals surface area (Å²) in [5.41, 5.74) is 5.71. The van der Waals surface area contributed by atoms with Gasteiger partial charge in [0.25, 0.3) is 0 Å². The van der Waals surface area contributed by atoms with E-state index in [2.05, 4.69) is 29.4 Å². The topological polar surface area (TPSA) is 85.8 Å². The minimum atomic E-state index is 0.0698. The second-order valence-corrected chi connectivity index (χ2v) is 5.50. The molecule has 1 aliphatic carbocycles. The Morgan fingerprint density at radius 2 is 2.37 bits per heavy atom. The third-order valence-electron chi connectivity index (χ3n) is 3.92. The van der Waals surface area contributed by atoms with Gasteiger partial charge in [0.15, 0.2) is 5.82 Å². The number of hydrogen-bond acceptors (Lipinski definition) is 4. The highest BCUT2D eigenvalue weighted by molar-refractivity contribution is 5.79. The van der Waals surface area contributed by atoms with Crippen molar-refractivity contribution in [3.05, 3.63) is 12.2 Å². The van der Waals surface area contributed by atoms with Crippen molar-refractivity contribution in [3.8, 4) is 0 Å². The van der Waals surface area contributed by atoms with Crippen LogP contribution in [0.4, 0.5) is 0 Å². The quantitative estimate of drug-likeness (QED) is 0.826. The first-order valence-electron chi connectivity index (χ1n) is 6.99. The van der Waals surface area contributed by atoms with E-state index in [1.54, 1.807) is 6.33 Å². The molecule has 3 N–H and O–H groups in total. The maximum Gasteiger partial charge on any atom is 0.223 e. The first-order valence-corrected chi connectivity index (χ1v) is 6.99. The third kappa shape index (κ3) is 3.12. The van der Waals surface area contributed by atoms with Crippen LogP contribution in [0.2, 0.25) is 0 Å². The minimum Gasteiger partial charge on any atom is -0.349 e. The molecule has 1 aromatic heterocycles. The predicted octanol–water partition coefficient (Wildman–Crippen LogP) is 0.850. The van der Waals surface area contributed by atoms with Gasteiger partial charge in [0.05, 0.1) is 6.54 Å². The number of nitrogens with zero attached hydrogens (tertiary/aromatic N) is 3. The highest BCUT2D eigenvalue weighted by Gasteiger charge is 2.31. The summed E-state index contributed by atoms with van der Waals surface area (Å²) in [6.07, 6.45) is 4.81. The molecule has 0 aliphatic heterocycles. The molecule has 0 radical (unpaired) electrons. The standard InChI is InChI=1S/C13H23N5O/c1-9(2)18-8-16-17-12(18)7-15-13(19)11-5-3-4-10(11)6-14/h8-11H,3-7,14H2,1-2H3,(H,15,19)/t10-,11-/m1/s1.